The monoisotopic (exact) mass is 332 g/mol. The van der Waals surface area contributed by atoms with Gasteiger partial charge in [0.1, 0.15) is 6.04 Å². The number of aliphatic imine (C=N–C) groups is 1. The van der Waals surface area contributed by atoms with E-state index < -0.39 is 12.3 Å². The lowest BCUT2D eigenvalue weighted by Crippen LogP contribution is -2.44. The Hall–Kier alpha value is -1.72. The summed E-state index contributed by atoms with van der Waals surface area (Å²) >= 11 is 0. The standard InChI is InChI=1S/C19H28N2O3/c1-5-15-12-14-10-8-9-11-17(14)21(15)19(22)16(20-4)13-18(23-6-2)24-7-3/h8-11,15-16,18H,4-7,12-13H2,1-3H3. The quantitative estimate of drug-likeness (QED) is 0.515. The van der Waals surface area contributed by atoms with Crippen LogP contribution < -0.4 is 4.90 Å². The highest BCUT2D eigenvalue weighted by Gasteiger charge is 2.36. The Morgan fingerprint density at radius 2 is 1.96 bits per heavy atom. The van der Waals surface area contributed by atoms with Crippen molar-refractivity contribution in [3.05, 3.63) is 29.8 Å². The van der Waals surface area contributed by atoms with Crippen molar-refractivity contribution in [2.24, 2.45) is 4.99 Å². The maximum absolute atomic E-state index is 13.1. The second-order valence-electron chi connectivity index (χ2n) is 5.88. The summed E-state index contributed by atoms with van der Waals surface area (Å²) in [4.78, 5) is 19.1. The Bertz CT molecular complexity index is 555. The molecule has 2 rings (SSSR count). The second-order valence-corrected chi connectivity index (χ2v) is 5.88. The molecule has 0 saturated heterocycles. The highest BCUT2D eigenvalue weighted by molar-refractivity contribution is 6.00. The van der Waals surface area contributed by atoms with Gasteiger partial charge in [-0.05, 0) is 45.0 Å². The SMILES string of the molecule is C=NC(CC(OCC)OCC)C(=O)N1c2ccccc2CC1CC. The van der Waals surface area contributed by atoms with E-state index in [1.807, 2.05) is 36.9 Å². The molecule has 0 bridgehead atoms. The Balaban J connectivity index is 2.19. The summed E-state index contributed by atoms with van der Waals surface area (Å²) in [5.41, 5.74) is 2.21. The van der Waals surface area contributed by atoms with E-state index in [0.29, 0.717) is 19.6 Å². The molecule has 0 fully saturated rings. The molecule has 5 heteroatoms. The number of hydrogen-bond acceptors (Lipinski definition) is 4. The maximum atomic E-state index is 13.1. The van der Waals surface area contributed by atoms with Gasteiger partial charge in [0.25, 0.3) is 5.91 Å². The summed E-state index contributed by atoms with van der Waals surface area (Å²) in [6.07, 6.45) is 1.75. The highest BCUT2D eigenvalue weighted by Crippen LogP contribution is 2.34. The first-order valence-electron chi connectivity index (χ1n) is 8.76. The number of fused-ring (bicyclic) bond motifs is 1. The third-order valence-corrected chi connectivity index (χ3v) is 4.41. The van der Waals surface area contributed by atoms with Crippen LogP contribution in [0.3, 0.4) is 0 Å². The second kappa shape index (κ2) is 8.94. The number of carbonyl (C=O) groups excluding carboxylic acids is 1. The number of rotatable bonds is 9. The number of para-hydroxylation sites is 1. The Kier molecular flexibility index (Phi) is 6.94. The van der Waals surface area contributed by atoms with Crippen molar-refractivity contribution in [2.45, 2.75) is 58.4 Å². The lowest BCUT2D eigenvalue weighted by Gasteiger charge is -2.29. The third-order valence-electron chi connectivity index (χ3n) is 4.41. The van der Waals surface area contributed by atoms with Gasteiger partial charge in [0.15, 0.2) is 6.29 Å². The van der Waals surface area contributed by atoms with E-state index in [0.717, 1.165) is 18.5 Å². The van der Waals surface area contributed by atoms with E-state index in [2.05, 4.69) is 24.7 Å². The van der Waals surface area contributed by atoms with Crippen LogP contribution in [0.2, 0.25) is 0 Å². The average molecular weight is 332 g/mol. The van der Waals surface area contributed by atoms with Crippen LogP contribution in [-0.2, 0) is 20.7 Å². The average Bonchev–Trinajstić information content (AvgIpc) is 2.97. The molecule has 0 spiro atoms. The Morgan fingerprint density at radius 3 is 2.54 bits per heavy atom. The van der Waals surface area contributed by atoms with Crippen molar-refractivity contribution >= 4 is 18.3 Å². The smallest absolute Gasteiger partial charge is 0.252 e. The summed E-state index contributed by atoms with van der Waals surface area (Å²) < 4.78 is 11.1. The van der Waals surface area contributed by atoms with Crippen molar-refractivity contribution in [1.82, 2.24) is 0 Å². The molecule has 0 aromatic heterocycles. The molecule has 1 aliphatic heterocycles. The first-order chi connectivity index (χ1) is 11.7. The zero-order chi connectivity index (χ0) is 17.5. The topological polar surface area (TPSA) is 51.1 Å². The minimum Gasteiger partial charge on any atom is -0.353 e. The van der Waals surface area contributed by atoms with Gasteiger partial charge in [-0.3, -0.25) is 9.79 Å². The van der Waals surface area contributed by atoms with Gasteiger partial charge in [0, 0.05) is 31.4 Å². The lowest BCUT2D eigenvalue weighted by molar-refractivity contribution is -0.146. The van der Waals surface area contributed by atoms with Crippen molar-refractivity contribution in [3.63, 3.8) is 0 Å². The van der Waals surface area contributed by atoms with Crippen molar-refractivity contribution in [3.8, 4) is 0 Å². The largest absolute Gasteiger partial charge is 0.353 e. The number of amides is 1. The van der Waals surface area contributed by atoms with Gasteiger partial charge >= 0.3 is 0 Å². The summed E-state index contributed by atoms with van der Waals surface area (Å²) in [6.45, 7) is 10.6. The number of nitrogens with zero attached hydrogens (tertiary/aromatic N) is 2. The van der Waals surface area contributed by atoms with Gasteiger partial charge in [-0.1, -0.05) is 25.1 Å². The Labute approximate surface area is 144 Å². The Morgan fingerprint density at radius 1 is 1.29 bits per heavy atom. The fourth-order valence-corrected chi connectivity index (χ4v) is 3.24. The van der Waals surface area contributed by atoms with Crippen LogP contribution in [-0.4, -0.2) is 44.2 Å². The van der Waals surface area contributed by atoms with E-state index in [1.54, 1.807) is 0 Å². The van der Waals surface area contributed by atoms with Crippen molar-refractivity contribution in [2.75, 3.05) is 18.1 Å². The molecular formula is C19H28N2O3. The van der Waals surface area contributed by atoms with Crippen LogP contribution in [0, 0.1) is 0 Å². The molecule has 24 heavy (non-hydrogen) atoms. The molecule has 1 aromatic carbocycles. The first kappa shape index (κ1) is 18.6. The number of anilines is 1. The molecule has 132 valence electrons. The van der Waals surface area contributed by atoms with Gasteiger partial charge in [-0.25, -0.2) is 0 Å². The van der Waals surface area contributed by atoms with Gasteiger partial charge in [-0.15, -0.1) is 0 Å². The zero-order valence-electron chi connectivity index (χ0n) is 14.9. The van der Waals surface area contributed by atoms with Crippen LogP contribution >= 0.6 is 0 Å². The molecule has 0 radical (unpaired) electrons. The fraction of sp³-hybridized carbons (Fsp3) is 0.579. The maximum Gasteiger partial charge on any atom is 0.252 e. The zero-order valence-corrected chi connectivity index (χ0v) is 14.9. The molecule has 1 aromatic rings. The van der Waals surface area contributed by atoms with Crippen molar-refractivity contribution < 1.29 is 14.3 Å². The predicted molar refractivity (Wildman–Crippen MR) is 96.7 cm³/mol. The van der Waals surface area contributed by atoms with Crippen LogP contribution in [0.5, 0.6) is 0 Å². The summed E-state index contributed by atoms with van der Waals surface area (Å²) in [6, 6.07) is 7.70. The van der Waals surface area contributed by atoms with Gasteiger partial charge in [-0.2, -0.15) is 0 Å². The van der Waals surface area contributed by atoms with E-state index in [-0.39, 0.29) is 11.9 Å². The minimum absolute atomic E-state index is 0.0220. The molecule has 5 nitrogen and oxygen atoms in total. The van der Waals surface area contributed by atoms with E-state index >= 15 is 0 Å². The van der Waals surface area contributed by atoms with Gasteiger partial charge in [0.05, 0.1) is 0 Å². The summed E-state index contributed by atoms with van der Waals surface area (Å²) in [5.74, 6) is -0.0220. The van der Waals surface area contributed by atoms with Crippen LogP contribution in [0.25, 0.3) is 0 Å². The van der Waals surface area contributed by atoms with Crippen LogP contribution in [0.1, 0.15) is 39.2 Å². The molecule has 1 aliphatic rings. The number of benzene rings is 1. The normalized spacial score (nSPS) is 17.8. The number of ether oxygens (including phenoxy) is 2. The van der Waals surface area contributed by atoms with Crippen LogP contribution in [0.4, 0.5) is 5.69 Å². The molecule has 1 heterocycles. The molecule has 0 N–H and O–H groups in total. The number of carbonyl (C=O) groups is 1. The van der Waals surface area contributed by atoms with Gasteiger partial charge < -0.3 is 14.4 Å². The molecule has 2 atom stereocenters. The summed E-state index contributed by atoms with van der Waals surface area (Å²) in [5, 5.41) is 0. The molecule has 0 saturated carbocycles. The third kappa shape index (κ3) is 4.02. The van der Waals surface area contributed by atoms with Crippen molar-refractivity contribution in [1.29, 1.82) is 0 Å². The van der Waals surface area contributed by atoms with E-state index in [1.165, 1.54) is 5.56 Å². The van der Waals surface area contributed by atoms with Crippen LogP contribution in [0.15, 0.2) is 29.3 Å². The van der Waals surface area contributed by atoms with E-state index in [4.69, 9.17) is 9.47 Å². The molecule has 1 amide bonds. The van der Waals surface area contributed by atoms with Gasteiger partial charge in [0.2, 0.25) is 0 Å². The lowest BCUT2D eigenvalue weighted by atomic mass is 10.1. The highest BCUT2D eigenvalue weighted by atomic mass is 16.7. The van der Waals surface area contributed by atoms with E-state index in [9.17, 15) is 4.79 Å². The molecule has 2 unspecified atom stereocenters. The minimum atomic E-state index is -0.562. The molecular weight excluding hydrogens is 304 g/mol. The fourth-order valence-electron chi connectivity index (χ4n) is 3.24. The first-order valence-corrected chi connectivity index (χ1v) is 8.76. The summed E-state index contributed by atoms with van der Waals surface area (Å²) in [7, 11) is 0. The molecule has 0 aliphatic carbocycles. The number of hydrogen-bond donors (Lipinski definition) is 0. The predicted octanol–water partition coefficient (Wildman–Crippen LogP) is 3.21.